The highest BCUT2D eigenvalue weighted by Crippen LogP contribution is 2.36. The SMILES string of the molecule is CC(C)(C)Sc1cccc(Br)c1C(=N)N. The van der Waals surface area contributed by atoms with Crippen LogP contribution in [-0.2, 0) is 0 Å². The summed E-state index contributed by atoms with van der Waals surface area (Å²) in [5.74, 6) is 0.106. The molecule has 0 saturated carbocycles. The first-order valence-electron chi connectivity index (χ1n) is 4.63. The van der Waals surface area contributed by atoms with Crippen LogP contribution in [-0.4, -0.2) is 10.6 Å². The summed E-state index contributed by atoms with van der Waals surface area (Å²) in [5.41, 5.74) is 6.36. The minimum Gasteiger partial charge on any atom is -0.384 e. The Morgan fingerprint density at radius 1 is 1.40 bits per heavy atom. The highest BCUT2D eigenvalue weighted by molar-refractivity contribution is 9.10. The van der Waals surface area contributed by atoms with Crippen molar-refractivity contribution in [3.63, 3.8) is 0 Å². The number of nitrogen functional groups attached to an aromatic ring is 1. The summed E-state index contributed by atoms with van der Waals surface area (Å²) >= 11 is 5.14. The summed E-state index contributed by atoms with van der Waals surface area (Å²) in [6.45, 7) is 6.42. The number of benzene rings is 1. The highest BCUT2D eigenvalue weighted by atomic mass is 79.9. The predicted octanol–water partition coefficient (Wildman–Crippen LogP) is 3.62. The minimum absolute atomic E-state index is 0.106. The molecule has 0 saturated heterocycles. The van der Waals surface area contributed by atoms with E-state index in [1.54, 1.807) is 11.8 Å². The van der Waals surface area contributed by atoms with Crippen LogP contribution < -0.4 is 5.73 Å². The molecule has 82 valence electrons. The number of amidine groups is 1. The van der Waals surface area contributed by atoms with E-state index >= 15 is 0 Å². The molecule has 1 rings (SSSR count). The zero-order valence-corrected chi connectivity index (χ0v) is 11.5. The van der Waals surface area contributed by atoms with Crippen molar-refractivity contribution in [2.75, 3.05) is 0 Å². The molecule has 0 amide bonds. The van der Waals surface area contributed by atoms with Crippen LogP contribution in [0.4, 0.5) is 0 Å². The van der Waals surface area contributed by atoms with Crippen LogP contribution in [0.2, 0.25) is 0 Å². The van der Waals surface area contributed by atoms with Crippen LogP contribution in [0.15, 0.2) is 27.6 Å². The molecule has 15 heavy (non-hydrogen) atoms. The van der Waals surface area contributed by atoms with E-state index in [1.807, 2.05) is 18.2 Å². The molecule has 0 spiro atoms. The third-order valence-electron chi connectivity index (χ3n) is 1.66. The maximum atomic E-state index is 7.56. The lowest BCUT2D eigenvalue weighted by Crippen LogP contribution is -2.15. The van der Waals surface area contributed by atoms with Gasteiger partial charge in [-0.25, -0.2) is 0 Å². The Kier molecular flexibility index (Phi) is 3.84. The van der Waals surface area contributed by atoms with Crippen molar-refractivity contribution in [1.82, 2.24) is 0 Å². The molecule has 0 bridgehead atoms. The van der Waals surface area contributed by atoms with Crippen molar-refractivity contribution in [3.05, 3.63) is 28.2 Å². The molecule has 0 radical (unpaired) electrons. The normalized spacial score (nSPS) is 11.5. The fourth-order valence-electron chi connectivity index (χ4n) is 1.18. The Morgan fingerprint density at radius 3 is 2.47 bits per heavy atom. The Balaban J connectivity index is 3.18. The molecule has 0 aliphatic carbocycles. The summed E-state index contributed by atoms with van der Waals surface area (Å²) in [6, 6.07) is 5.87. The molecule has 3 N–H and O–H groups in total. The van der Waals surface area contributed by atoms with Gasteiger partial charge in [0.15, 0.2) is 0 Å². The second kappa shape index (κ2) is 4.58. The standard InChI is InChI=1S/C11H15BrN2S/c1-11(2,3)15-8-6-4-5-7(12)9(8)10(13)14/h4-6H,1-3H3,(H3,13,14). The van der Waals surface area contributed by atoms with Crippen LogP contribution >= 0.6 is 27.7 Å². The molecule has 0 aliphatic rings. The third kappa shape index (κ3) is 3.54. The maximum absolute atomic E-state index is 7.56. The average molecular weight is 287 g/mol. The van der Waals surface area contributed by atoms with Gasteiger partial charge in [0.1, 0.15) is 5.84 Å². The van der Waals surface area contributed by atoms with Gasteiger partial charge < -0.3 is 5.73 Å². The van der Waals surface area contributed by atoms with Gasteiger partial charge >= 0.3 is 0 Å². The molecular formula is C11H15BrN2S. The van der Waals surface area contributed by atoms with Gasteiger partial charge in [0, 0.05) is 19.7 Å². The molecule has 4 heteroatoms. The number of hydrogen-bond donors (Lipinski definition) is 2. The maximum Gasteiger partial charge on any atom is 0.125 e. The monoisotopic (exact) mass is 286 g/mol. The van der Waals surface area contributed by atoms with Gasteiger partial charge in [-0.2, -0.15) is 0 Å². The summed E-state index contributed by atoms with van der Waals surface area (Å²) in [5, 5.41) is 7.56. The number of thioether (sulfide) groups is 1. The van der Waals surface area contributed by atoms with Crippen molar-refractivity contribution < 1.29 is 0 Å². The van der Waals surface area contributed by atoms with Crippen LogP contribution in [0.3, 0.4) is 0 Å². The second-order valence-electron chi connectivity index (χ2n) is 4.24. The van der Waals surface area contributed by atoms with Crippen molar-refractivity contribution in [2.45, 2.75) is 30.4 Å². The van der Waals surface area contributed by atoms with Gasteiger partial charge in [0.25, 0.3) is 0 Å². The number of hydrogen-bond acceptors (Lipinski definition) is 2. The zero-order chi connectivity index (χ0) is 11.6. The number of rotatable bonds is 2. The molecule has 0 aromatic heterocycles. The molecule has 0 unspecified atom stereocenters. The number of halogens is 1. The predicted molar refractivity (Wildman–Crippen MR) is 70.8 cm³/mol. The van der Waals surface area contributed by atoms with Crippen LogP contribution in [0, 0.1) is 5.41 Å². The summed E-state index contributed by atoms with van der Waals surface area (Å²) in [4.78, 5) is 1.05. The van der Waals surface area contributed by atoms with Gasteiger partial charge in [-0.1, -0.05) is 26.8 Å². The van der Waals surface area contributed by atoms with Crippen LogP contribution in [0.25, 0.3) is 0 Å². The number of nitrogens with one attached hydrogen (secondary N) is 1. The highest BCUT2D eigenvalue weighted by Gasteiger charge is 2.17. The first-order valence-corrected chi connectivity index (χ1v) is 6.24. The average Bonchev–Trinajstić information content (AvgIpc) is 1.99. The smallest absolute Gasteiger partial charge is 0.125 e. The summed E-state index contributed by atoms with van der Waals surface area (Å²) in [6.07, 6.45) is 0. The molecule has 0 fully saturated rings. The molecule has 0 atom stereocenters. The van der Waals surface area contributed by atoms with E-state index in [2.05, 4.69) is 36.7 Å². The first kappa shape index (κ1) is 12.6. The van der Waals surface area contributed by atoms with E-state index in [-0.39, 0.29) is 10.6 Å². The Hall–Kier alpha value is -0.480. The third-order valence-corrected chi connectivity index (χ3v) is 3.49. The zero-order valence-electron chi connectivity index (χ0n) is 9.10. The molecule has 1 aromatic rings. The first-order chi connectivity index (χ1) is 6.81. The van der Waals surface area contributed by atoms with Crippen molar-refractivity contribution in [1.29, 1.82) is 5.41 Å². The van der Waals surface area contributed by atoms with E-state index in [0.717, 1.165) is 14.9 Å². The van der Waals surface area contributed by atoms with Gasteiger partial charge in [-0.05, 0) is 28.1 Å². The fourth-order valence-corrected chi connectivity index (χ4v) is 3.02. The van der Waals surface area contributed by atoms with Crippen LogP contribution in [0.1, 0.15) is 26.3 Å². The van der Waals surface area contributed by atoms with Crippen molar-refractivity contribution in [2.24, 2.45) is 5.73 Å². The second-order valence-corrected chi connectivity index (χ2v) is 6.96. The van der Waals surface area contributed by atoms with Gasteiger partial charge in [0.2, 0.25) is 0 Å². The Bertz CT molecular complexity index is 383. The van der Waals surface area contributed by atoms with Crippen molar-refractivity contribution >= 4 is 33.5 Å². The lowest BCUT2D eigenvalue weighted by atomic mass is 10.2. The largest absolute Gasteiger partial charge is 0.384 e. The molecule has 0 aliphatic heterocycles. The van der Waals surface area contributed by atoms with E-state index in [4.69, 9.17) is 11.1 Å². The molecule has 0 heterocycles. The lowest BCUT2D eigenvalue weighted by Gasteiger charge is -2.20. The summed E-state index contributed by atoms with van der Waals surface area (Å²) in [7, 11) is 0. The van der Waals surface area contributed by atoms with E-state index in [1.165, 1.54) is 0 Å². The van der Waals surface area contributed by atoms with Crippen LogP contribution in [0.5, 0.6) is 0 Å². The Morgan fingerprint density at radius 2 is 2.00 bits per heavy atom. The number of nitrogens with two attached hydrogens (primary N) is 1. The molecule has 2 nitrogen and oxygen atoms in total. The summed E-state index contributed by atoms with van der Waals surface area (Å²) < 4.78 is 0.995. The van der Waals surface area contributed by atoms with Gasteiger partial charge in [0.05, 0.1) is 0 Å². The fraction of sp³-hybridized carbons (Fsp3) is 0.364. The van der Waals surface area contributed by atoms with Gasteiger partial charge in [-0.15, -0.1) is 11.8 Å². The minimum atomic E-state index is 0.106. The molecular weight excluding hydrogens is 272 g/mol. The van der Waals surface area contributed by atoms with Crippen molar-refractivity contribution in [3.8, 4) is 0 Å². The van der Waals surface area contributed by atoms with E-state index in [0.29, 0.717) is 0 Å². The topological polar surface area (TPSA) is 49.9 Å². The lowest BCUT2D eigenvalue weighted by molar-refractivity contribution is 0.802. The van der Waals surface area contributed by atoms with E-state index in [9.17, 15) is 0 Å². The molecule has 1 aromatic carbocycles. The van der Waals surface area contributed by atoms with E-state index < -0.39 is 0 Å². The Labute approximate surface area is 103 Å². The van der Waals surface area contributed by atoms with Gasteiger partial charge in [-0.3, -0.25) is 5.41 Å². The quantitative estimate of drug-likeness (QED) is 0.496.